The smallest absolute Gasteiger partial charge is 0.318 e. The number of esters is 1. The fourth-order valence-electron chi connectivity index (χ4n) is 4.76. The summed E-state index contributed by atoms with van der Waals surface area (Å²) in [6, 6.07) is 25.6. The monoisotopic (exact) mass is 489 g/mol. The first-order chi connectivity index (χ1) is 18.0. The number of fused-ring (bicyclic) bond motifs is 4. The summed E-state index contributed by atoms with van der Waals surface area (Å²) in [6.45, 7) is -0.521. The molecule has 4 aromatic rings. The molecule has 4 aromatic carbocycles. The van der Waals surface area contributed by atoms with E-state index >= 15 is 0 Å². The van der Waals surface area contributed by atoms with Crippen LogP contribution in [0.5, 0.6) is 11.5 Å². The number of hydrogen-bond donors (Lipinski definition) is 1. The number of ether oxygens (including phenoxy) is 2. The van der Waals surface area contributed by atoms with Crippen molar-refractivity contribution in [3.63, 3.8) is 0 Å². The third kappa shape index (κ3) is 3.87. The normalized spacial score (nSPS) is 13.4. The Hall–Kier alpha value is -5.04. The van der Waals surface area contributed by atoms with Crippen LogP contribution in [0.25, 0.3) is 0 Å². The zero-order valence-corrected chi connectivity index (χ0v) is 19.4. The van der Waals surface area contributed by atoms with Crippen LogP contribution in [0.2, 0.25) is 0 Å². The van der Waals surface area contributed by atoms with E-state index in [4.69, 9.17) is 9.47 Å². The van der Waals surface area contributed by atoms with E-state index in [1.807, 2.05) is 24.3 Å². The van der Waals surface area contributed by atoms with Crippen LogP contribution in [-0.4, -0.2) is 30.0 Å². The number of nitrogens with one attached hydrogen (secondary N) is 1. The van der Waals surface area contributed by atoms with Crippen LogP contribution >= 0.6 is 0 Å². The van der Waals surface area contributed by atoms with Gasteiger partial charge >= 0.3 is 5.97 Å². The van der Waals surface area contributed by atoms with E-state index in [1.165, 1.54) is 12.1 Å². The van der Waals surface area contributed by atoms with Crippen molar-refractivity contribution in [2.75, 3.05) is 11.9 Å². The highest BCUT2D eigenvalue weighted by Crippen LogP contribution is 2.44. The molecule has 1 aliphatic heterocycles. The molecule has 0 bridgehead atoms. The summed E-state index contributed by atoms with van der Waals surface area (Å²) in [5.41, 5.74) is 2.82. The van der Waals surface area contributed by atoms with Crippen LogP contribution in [-0.2, 0) is 14.3 Å². The zero-order chi connectivity index (χ0) is 25.5. The molecule has 37 heavy (non-hydrogen) atoms. The fraction of sp³-hybridized carbons (Fsp3) is 0.0667. The van der Waals surface area contributed by atoms with E-state index in [0.717, 1.165) is 0 Å². The Morgan fingerprint density at radius 1 is 0.703 bits per heavy atom. The molecule has 0 fully saturated rings. The Kier molecular flexibility index (Phi) is 5.38. The van der Waals surface area contributed by atoms with Crippen molar-refractivity contribution in [1.82, 2.24) is 0 Å². The highest BCUT2D eigenvalue weighted by atomic mass is 16.5. The first-order valence-electron chi connectivity index (χ1n) is 11.7. The summed E-state index contributed by atoms with van der Waals surface area (Å²) in [7, 11) is 0. The Balaban J connectivity index is 1.18. The molecular formula is C30H19NO6. The molecule has 180 valence electrons. The molecule has 0 radical (unpaired) electrons. The quantitative estimate of drug-likeness (QED) is 0.361. The second kappa shape index (κ2) is 8.87. The Bertz CT molecular complexity index is 1580. The first kappa shape index (κ1) is 22.4. The number of rotatable bonds is 4. The van der Waals surface area contributed by atoms with E-state index in [2.05, 4.69) is 5.32 Å². The second-order valence-electron chi connectivity index (χ2n) is 8.73. The number of para-hydroxylation sites is 2. The predicted octanol–water partition coefficient (Wildman–Crippen LogP) is 4.88. The standard InChI is InChI=1S/C30H19NO6/c32-26(31-17-13-14-20-23(15-17)29(34)19-8-2-1-7-18(19)28(20)33)16-36-30(35)27-21-9-3-5-11-24(21)37-25-12-6-4-10-22(25)27/h1-15,27H,16H2,(H,31,32). The van der Waals surface area contributed by atoms with Crippen molar-refractivity contribution in [3.8, 4) is 11.5 Å². The van der Waals surface area contributed by atoms with Gasteiger partial charge in [-0.3, -0.25) is 19.2 Å². The van der Waals surface area contributed by atoms with Crippen LogP contribution < -0.4 is 10.1 Å². The van der Waals surface area contributed by atoms with Gasteiger partial charge in [0.15, 0.2) is 18.2 Å². The Morgan fingerprint density at radius 2 is 1.24 bits per heavy atom. The van der Waals surface area contributed by atoms with Crippen LogP contribution in [0.15, 0.2) is 91.0 Å². The third-order valence-corrected chi connectivity index (χ3v) is 6.47. The SMILES string of the molecule is O=C(COC(=O)C1c2ccccc2Oc2ccccc21)Nc1ccc2c(c1)C(=O)c1ccccc1C2=O. The topological polar surface area (TPSA) is 98.8 Å². The van der Waals surface area contributed by atoms with E-state index < -0.39 is 24.4 Å². The average Bonchev–Trinajstić information content (AvgIpc) is 2.93. The molecule has 1 amide bonds. The maximum absolute atomic E-state index is 13.1. The molecule has 0 saturated carbocycles. The molecule has 2 aliphatic rings. The molecule has 0 aromatic heterocycles. The van der Waals surface area contributed by atoms with E-state index in [9.17, 15) is 19.2 Å². The predicted molar refractivity (Wildman–Crippen MR) is 134 cm³/mol. The lowest BCUT2D eigenvalue weighted by atomic mass is 9.84. The molecule has 0 atom stereocenters. The minimum absolute atomic E-state index is 0.217. The Morgan fingerprint density at radius 3 is 1.89 bits per heavy atom. The lowest BCUT2D eigenvalue weighted by Crippen LogP contribution is -2.26. The van der Waals surface area contributed by atoms with Crippen LogP contribution in [0.4, 0.5) is 5.69 Å². The van der Waals surface area contributed by atoms with Gasteiger partial charge < -0.3 is 14.8 Å². The number of amides is 1. The van der Waals surface area contributed by atoms with Crippen LogP contribution in [0, 0.1) is 0 Å². The van der Waals surface area contributed by atoms with Gasteiger partial charge in [-0.1, -0.05) is 60.7 Å². The maximum Gasteiger partial charge on any atom is 0.318 e. The van der Waals surface area contributed by atoms with Crippen molar-refractivity contribution in [3.05, 3.63) is 124 Å². The zero-order valence-electron chi connectivity index (χ0n) is 19.4. The van der Waals surface area contributed by atoms with E-state index in [-0.39, 0.29) is 22.7 Å². The molecule has 6 rings (SSSR count). The van der Waals surface area contributed by atoms with Crippen LogP contribution in [0.3, 0.4) is 0 Å². The van der Waals surface area contributed by atoms with Crippen molar-refractivity contribution in [2.24, 2.45) is 0 Å². The number of ketones is 2. The Labute approximate surface area is 211 Å². The molecule has 1 aliphatic carbocycles. The van der Waals surface area contributed by atoms with Gasteiger partial charge in [0.1, 0.15) is 17.4 Å². The minimum Gasteiger partial charge on any atom is -0.457 e. The van der Waals surface area contributed by atoms with E-state index in [1.54, 1.807) is 54.6 Å². The maximum atomic E-state index is 13.1. The van der Waals surface area contributed by atoms with Gasteiger partial charge in [-0.2, -0.15) is 0 Å². The molecule has 0 unspecified atom stereocenters. The number of carbonyl (C=O) groups excluding carboxylic acids is 4. The summed E-state index contributed by atoms with van der Waals surface area (Å²) >= 11 is 0. The summed E-state index contributed by atoms with van der Waals surface area (Å²) in [6.07, 6.45) is 0. The van der Waals surface area contributed by atoms with Crippen molar-refractivity contribution in [1.29, 1.82) is 0 Å². The summed E-state index contributed by atoms with van der Waals surface area (Å²) in [5, 5.41) is 2.64. The van der Waals surface area contributed by atoms with Gasteiger partial charge in [0.05, 0.1) is 0 Å². The average molecular weight is 489 g/mol. The largest absolute Gasteiger partial charge is 0.457 e. The summed E-state index contributed by atoms with van der Waals surface area (Å²) < 4.78 is 11.3. The molecule has 1 N–H and O–H groups in total. The summed E-state index contributed by atoms with van der Waals surface area (Å²) in [5.74, 6) is -1.30. The molecule has 0 spiro atoms. The molecule has 1 heterocycles. The van der Waals surface area contributed by atoms with Crippen molar-refractivity contribution < 1.29 is 28.7 Å². The van der Waals surface area contributed by atoms with Crippen molar-refractivity contribution in [2.45, 2.75) is 5.92 Å². The summed E-state index contributed by atoms with van der Waals surface area (Å²) in [4.78, 5) is 51.5. The number of anilines is 1. The highest BCUT2D eigenvalue weighted by Gasteiger charge is 2.34. The second-order valence-corrected chi connectivity index (χ2v) is 8.73. The van der Waals surface area contributed by atoms with Gasteiger partial charge in [0.25, 0.3) is 5.91 Å². The molecular weight excluding hydrogens is 470 g/mol. The number of benzene rings is 4. The molecule has 7 heteroatoms. The number of carbonyl (C=O) groups is 4. The van der Waals surface area contributed by atoms with E-state index in [0.29, 0.717) is 39.4 Å². The van der Waals surface area contributed by atoms with Gasteiger partial charge in [-0.25, -0.2) is 0 Å². The van der Waals surface area contributed by atoms with Crippen LogP contribution in [0.1, 0.15) is 48.9 Å². The molecule has 0 saturated heterocycles. The number of hydrogen-bond acceptors (Lipinski definition) is 6. The third-order valence-electron chi connectivity index (χ3n) is 6.47. The van der Waals surface area contributed by atoms with Gasteiger partial charge in [-0.05, 0) is 30.3 Å². The lowest BCUT2D eigenvalue weighted by molar-refractivity contribution is -0.148. The van der Waals surface area contributed by atoms with Crippen molar-refractivity contribution >= 4 is 29.1 Å². The molecule has 7 nitrogen and oxygen atoms in total. The van der Waals surface area contributed by atoms with Gasteiger partial charge in [0, 0.05) is 39.1 Å². The lowest BCUT2D eigenvalue weighted by Gasteiger charge is -2.26. The minimum atomic E-state index is -0.735. The first-order valence-corrected chi connectivity index (χ1v) is 11.7. The highest BCUT2D eigenvalue weighted by molar-refractivity contribution is 6.28. The van der Waals surface area contributed by atoms with Gasteiger partial charge in [-0.15, -0.1) is 0 Å². The van der Waals surface area contributed by atoms with Gasteiger partial charge in [0.2, 0.25) is 0 Å². The fourth-order valence-corrected chi connectivity index (χ4v) is 4.76.